The highest BCUT2D eigenvalue weighted by molar-refractivity contribution is 9.10. The summed E-state index contributed by atoms with van der Waals surface area (Å²) in [6, 6.07) is 11.4. The first-order chi connectivity index (χ1) is 8.56. The van der Waals surface area contributed by atoms with E-state index in [4.69, 9.17) is 22.1 Å². The van der Waals surface area contributed by atoms with Crippen LogP contribution in [0.15, 0.2) is 40.9 Å². The standard InChI is InChI=1S/C13H13BrClNOS/c1-8(16)13(11-6-7-12(15)18-11)17-10-4-2-9(14)3-5-10/h2-8,13H,16H2,1H3. The molecule has 0 fully saturated rings. The predicted octanol–water partition coefficient (Wildman–Crippen LogP) is 4.63. The van der Waals surface area contributed by atoms with Crippen LogP contribution in [0.3, 0.4) is 0 Å². The van der Waals surface area contributed by atoms with E-state index in [0.717, 1.165) is 19.4 Å². The van der Waals surface area contributed by atoms with Crippen LogP contribution in [0.25, 0.3) is 0 Å². The average molecular weight is 347 g/mol. The molecule has 5 heteroatoms. The largest absolute Gasteiger partial charge is 0.483 e. The Kier molecular flexibility index (Phi) is 4.67. The van der Waals surface area contributed by atoms with Crippen LogP contribution < -0.4 is 10.5 Å². The monoisotopic (exact) mass is 345 g/mol. The van der Waals surface area contributed by atoms with E-state index < -0.39 is 0 Å². The zero-order valence-electron chi connectivity index (χ0n) is 9.77. The van der Waals surface area contributed by atoms with E-state index in [0.29, 0.717) is 0 Å². The van der Waals surface area contributed by atoms with Gasteiger partial charge in [0.25, 0.3) is 0 Å². The van der Waals surface area contributed by atoms with Gasteiger partial charge < -0.3 is 10.5 Å². The maximum Gasteiger partial charge on any atom is 0.148 e. The number of halogens is 2. The molecule has 18 heavy (non-hydrogen) atoms. The Hall–Kier alpha value is -0.550. The molecule has 1 heterocycles. The third kappa shape index (κ3) is 3.48. The van der Waals surface area contributed by atoms with Crippen molar-refractivity contribution >= 4 is 38.9 Å². The molecule has 2 aromatic rings. The lowest BCUT2D eigenvalue weighted by atomic mass is 10.1. The molecule has 0 bridgehead atoms. The van der Waals surface area contributed by atoms with Crippen molar-refractivity contribution in [2.75, 3.05) is 0 Å². The quantitative estimate of drug-likeness (QED) is 0.876. The van der Waals surface area contributed by atoms with E-state index in [9.17, 15) is 0 Å². The van der Waals surface area contributed by atoms with Crippen molar-refractivity contribution in [2.24, 2.45) is 5.73 Å². The van der Waals surface area contributed by atoms with E-state index >= 15 is 0 Å². The minimum Gasteiger partial charge on any atom is -0.483 e. The van der Waals surface area contributed by atoms with Gasteiger partial charge in [-0.1, -0.05) is 27.5 Å². The lowest BCUT2D eigenvalue weighted by molar-refractivity contribution is 0.184. The van der Waals surface area contributed by atoms with Crippen LogP contribution in [0.2, 0.25) is 4.34 Å². The molecule has 1 aromatic heterocycles. The molecule has 0 spiro atoms. The molecular weight excluding hydrogens is 334 g/mol. The van der Waals surface area contributed by atoms with Crippen LogP contribution in [0, 0.1) is 0 Å². The van der Waals surface area contributed by atoms with Gasteiger partial charge in [-0.3, -0.25) is 0 Å². The summed E-state index contributed by atoms with van der Waals surface area (Å²) in [4.78, 5) is 1.04. The number of nitrogens with two attached hydrogens (primary N) is 1. The first-order valence-corrected chi connectivity index (χ1v) is 7.48. The number of rotatable bonds is 4. The number of ether oxygens (including phenoxy) is 1. The predicted molar refractivity (Wildman–Crippen MR) is 80.5 cm³/mol. The van der Waals surface area contributed by atoms with E-state index in [1.54, 1.807) is 0 Å². The molecule has 1 aromatic carbocycles. The minimum absolute atomic E-state index is 0.108. The molecule has 0 amide bonds. The number of thiophene rings is 1. The van der Waals surface area contributed by atoms with Crippen LogP contribution in [-0.4, -0.2) is 6.04 Å². The zero-order valence-corrected chi connectivity index (χ0v) is 12.9. The SMILES string of the molecule is CC(N)C(Oc1ccc(Br)cc1)c1ccc(Cl)s1. The fraction of sp³-hybridized carbons (Fsp3) is 0.231. The van der Waals surface area contributed by atoms with Crippen molar-refractivity contribution in [2.45, 2.75) is 19.1 Å². The first kappa shape index (κ1) is 13.9. The summed E-state index contributed by atoms with van der Waals surface area (Å²) in [6.07, 6.45) is -0.177. The van der Waals surface area contributed by atoms with Gasteiger partial charge in [0.1, 0.15) is 11.9 Å². The lowest BCUT2D eigenvalue weighted by Gasteiger charge is -2.21. The summed E-state index contributed by atoms with van der Waals surface area (Å²) in [6.45, 7) is 1.93. The van der Waals surface area contributed by atoms with Gasteiger partial charge in [0, 0.05) is 15.4 Å². The fourth-order valence-corrected chi connectivity index (χ4v) is 3.04. The summed E-state index contributed by atoms with van der Waals surface area (Å²) in [5.41, 5.74) is 5.99. The smallest absolute Gasteiger partial charge is 0.148 e. The molecule has 2 unspecified atom stereocenters. The second-order valence-corrected chi connectivity index (χ2v) is 6.66. The van der Waals surface area contributed by atoms with Crippen molar-refractivity contribution < 1.29 is 4.74 Å². The molecule has 2 N–H and O–H groups in total. The topological polar surface area (TPSA) is 35.2 Å². The molecule has 2 nitrogen and oxygen atoms in total. The fourth-order valence-electron chi connectivity index (χ4n) is 1.57. The molecule has 0 saturated heterocycles. The van der Waals surface area contributed by atoms with Crippen molar-refractivity contribution in [1.82, 2.24) is 0 Å². The van der Waals surface area contributed by atoms with E-state index in [1.165, 1.54) is 11.3 Å². The Bertz CT molecular complexity index is 512. The van der Waals surface area contributed by atoms with Crippen LogP contribution in [-0.2, 0) is 0 Å². The van der Waals surface area contributed by atoms with Gasteiger partial charge in [-0.2, -0.15) is 0 Å². The van der Waals surface area contributed by atoms with Crippen molar-refractivity contribution in [3.63, 3.8) is 0 Å². The Morgan fingerprint density at radius 1 is 1.22 bits per heavy atom. The zero-order chi connectivity index (χ0) is 13.1. The molecule has 0 radical (unpaired) electrons. The normalized spacial score (nSPS) is 14.2. The van der Waals surface area contributed by atoms with Gasteiger partial charge >= 0.3 is 0 Å². The Balaban J connectivity index is 2.19. The highest BCUT2D eigenvalue weighted by Gasteiger charge is 2.20. The van der Waals surface area contributed by atoms with Gasteiger partial charge in [-0.25, -0.2) is 0 Å². The van der Waals surface area contributed by atoms with Crippen molar-refractivity contribution in [3.8, 4) is 5.75 Å². The minimum atomic E-state index is -0.177. The highest BCUT2D eigenvalue weighted by atomic mass is 79.9. The molecule has 96 valence electrons. The maximum absolute atomic E-state index is 5.99. The maximum atomic E-state index is 5.99. The average Bonchev–Trinajstić information content (AvgIpc) is 2.74. The Labute approximate surface area is 124 Å². The number of hydrogen-bond acceptors (Lipinski definition) is 3. The molecule has 0 aliphatic carbocycles. The number of hydrogen-bond donors (Lipinski definition) is 1. The third-order valence-electron chi connectivity index (χ3n) is 2.43. The van der Waals surface area contributed by atoms with E-state index in [1.807, 2.05) is 43.3 Å². The van der Waals surface area contributed by atoms with Crippen molar-refractivity contribution in [3.05, 3.63) is 50.1 Å². The van der Waals surface area contributed by atoms with Gasteiger partial charge in [-0.15, -0.1) is 11.3 Å². The third-order valence-corrected chi connectivity index (χ3v) is 4.25. The van der Waals surface area contributed by atoms with Gasteiger partial charge in [0.05, 0.1) is 4.34 Å². The van der Waals surface area contributed by atoms with Gasteiger partial charge in [0.2, 0.25) is 0 Å². The Morgan fingerprint density at radius 2 is 1.89 bits per heavy atom. The van der Waals surface area contributed by atoms with E-state index in [2.05, 4.69) is 15.9 Å². The van der Waals surface area contributed by atoms with Crippen LogP contribution >= 0.6 is 38.9 Å². The van der Waals surface area contributed by atoms with E-state index in [-0.39, 0.29) is 12.1 Å². The van der Waals surface area contributed by atoms with Gasteiger partial charge in [0.15, 0.2) is 0 Å². The highest BCUT2D eigenvalue weighted by Crippen LogP contribution is 2.32. The van der Waals surface area contributed by atoms with Crippen LogP contribution in [0.4, 0.5) is 0 Å². The molecular formula is C13H13BrClNOS. The van der Waals surface area contributed by atoms with Gasteiger partial charge in [-0.05, 0) is 43.3 Å². The lowest BCUT2D eigenvalue weighted by Crippen LogP contribution is -2.28. The summed E-state index contributed by atoms with van der Waals surface area (Å²) >= 11 is 10.8. The van der Waals surface area contributed by atoms with Crippen LogP contribution in [0.5, 0.6) is 5.75 Å². The molecule has 0 aliphatic heterocycles. The summed E-state index contributed by atoms with van der Waals surface area (Å²) in [5.74, 6) is 0.796. The van der Waals surface area contributed by atoms with Crippen molar-refractivity contribution in [1.29, 1.82) is 0 Å². The molecule has 0 saturated carbocycles. The van der Waals surface area contributed by atoms with Crippen LogP contribution in [0.1, 0.15) is 17.9 Å². The second-order valence-electron chi connectivity index (χ2n) is 3.99. The summed E-state index contributed by atoms with van der Waals surface area (Å²) in [5, 5.41) is 0. The summed E-state index contributed by atoms with van der Waals surface area (Å²) in [7, 11) is 0. The first-order valence-electron chi connectivity index (χ1n) is 5.49. The number of benzene rings is 1. The molecule has 2 rings (SSSR count). The second kappa shape index (κ2) is 6.06. The molecule has 2 atom stereocenters. The summed E-state index contributed by atoms with van der Waals surface area (Å²) < 4.78 is 7.70. The molecule has 0 aliphatic rings. The Morgan fingerprint density at radius 3 is 2.39 bits per heavy atom.